The van der Waals surface area contributed by atoms with E-state index >= 15 is 0 Å². The van der Waals surface area contributed by atoms with Crippen LogP contribution in [0.15, 0.2) is 48.5 Å². The first-order valence-electron chi connectivity index (χ1n) is 9.19. The Labute approximate surface area is 153 Å². The lowest BCUT2D eigenvalue weighted by Gasteiger charge is -2.16. The van der Waals surface area contributed by atoms with Crippen LogP contribution in [-0.2, 0) is 11.2 Å². The van der Waals surface area contributed by atoms with Crippen LogP contribution in [0.3, 0.4) is 0 Å². The molecule has 0 fully saturated rings. The van der Waals surface area contributed by atoms with Gasteiger partial charge < -0.3 is 9.88 Å². The number of aromatic nitrogens is 1. The van der Waals surface area contributed by atoms with Crippen molar-refractivity contribution in [2.75, 3.05) is 13.6 Å². The molecule has 0 aliphatic heterocycles. The Hall–Kier alpha value is -2.62. The Bertz CT molecular complexity index is 886. The number of unbranched alkanes of at least 4 members (excludes halogenated alkanes) is 1. The summed E-state index contributed by atoms with van der Waals surface area (Å²) in [7, 11) is 1.85. The van der Waals surface area contributed by atoms with Gasteiger partial charge in [0.2, 0.25) is 5.91 Å². The number of hydrogen-bond donors (Lipinski definition) is 1. The molecule has 0 aliphatic carbocycles. The van der Waals surface area contributed by atoms with Crippen LogP contribution in [0.5, 0.6) is 0 Å². The molecule has 1 aromatic heterocycles. The second kappa shape index (κ2) is 8.17. The van der Waals surface area contributed by atoms with Crippen LogP contribution in [0.25, 0.3) is 22.2 Å². The fourth-order valence-electron chi connectivity index (χ4n) is 3.27. The van der Waals surface area contributed by atoms with Crippen molar-refractivity contribution in [3.8, 4) is 11.3 Å². The monoisotopic (exact) mass is 352 g/mol. The smallest absolute Gasteiger partial charge is 0.222 e. The number of rotatable bonds is 7. The van der Waals surface area contributed by atoms with Crippen molar-refractivity contribution in [1.82, 2.24) is 9.88 Å². The molecule has 0 saturated carbocycles. The zero-order valence-electron chi connectivity index (χ0n) is 15.4. The van der Waals surface area contributed by atoms with Crippen molar-refractivity contribution < 1.29 is 9.18 Å². The lowest BCUT2D eigenvalue weighted by atomic mass is 10.0. The first kappa shape index (κ1) is 18.2. The van der Waals surface area contributed by atoms with Gasteiger partial charge in [-0.3, -0.25) is 4.79 Å². The highest BCUT2D eigenvalue weighted by molar-refractivity contribution is 5.91. The standard InChI is InChI=1S/C22H25FN2O/c1-3-4-14-25(2)21(26)13-11-18-19-15-17(23)10-12-20(19)24-22(18)16-8-6-5-7-9-16/h5-10,12,15,24H,3-4,11,13-14H2,1-2H3. The second-order valence-corrected chi connectivity index (χ2v) is 6.70. The van der Waals surface area contributed by atoms with Gasteiger partial charge in [0, 0.05) is 36.6 Å². The average Bonchev–Trinajstić information content (AvgIpc) is 3.02. The van der Waals surface area contributed by atoms with Crippen LogP contribution in [-0.4, -0.2) is 29.4 Å². The number of carbonyl (C=O) groups excluding carboxylic acids is 1. The first-order chi connectivity index (χ1) is 12.6. The van der Waals surface area contributed by atoms with Gasteiger partial charge in [-0.1, -0.05) is 43.7 Å². The van der Waals surface area contributed by atoms with E-state index in [1.165, 1.54) is 6.07 Å². The van der Waals surface area contributed by atoms with E-state index in [9.17, 15) is 9.18 Å². The van der Waals surface area contributed by atoms with Gasteiger partial charge in [0.05, 0.1) is 0 Å². The molecule has 0 aliphatic rings. The molecule has 0 spiro atoms. The molecule has 0 atom stereocenters. The largest absolute Gasteiger partial charge is 0.354 e. The maximum absolute atomic E-state index is 13.8. The first-order valence-corrected chi connectivity index (χ1v) is 9.19. The van der Waals surface area contributed by atoms with Crippen LogP contribution in [0.1, 0.15) is 31.7 Å². The third kappa shape index (κ3) is 3.96. The van der Waals surface area contributed by atoms with Crippen LogP contribution in [0, 0.1) is 5.82 Å². The number of benzene rings is 2. The zero-order chi connectivity index (χ0) is 18.5. The third-order valence-corrected chi connectivity index (χ3v) is 4.79. The minimum Gasteiger partial charge on any atom is -0.354 e. The molecule has 3 nitrogen and oxygen atoms in total. The molecule has 26 heavy (non-hydrogen) atoms. The van der Waals surface area contributed by atoms with E-state index in [0.29, 0.717) is 12.8 Å². The second-order valence-electron chi connectivity index (χ2n) is 6.70. The minimum atomic E-state index is -0.260. The molecule has 0 saturated heterocycles. The molecule has 0 bridgehead atoms. The van der Waals surface area contributed by atoms with Gasteiger partial charge in [-0.05, 0) is 42.2 Å². The lowest BCUT2D eigenvalue weighted by molar-refractivity contribution is -0.129. The zero-order valence-corrected chi connectivity index (χ0v) is 15.4. The number of halogens is 1. The molecule has 3 aromatic rings. The van der Waals surface area contributed by atoms with Crippen molar-refractivity contribution in [2.24, 2.45) is 0 Å². The molecular weight excluding hydrogens is 327 g/mol. The average molecular weight is 352 g/mol. The normalized spacial score (nSPS) is 11.0. The molecule has 1 amide bonds. The SMILES string of the molecule is CCCCN(C)C(=O)CCc1c(-c2ccccc2)[nH]c2ccc(F)cc12. The van der Waals surface area contributed by atoms with Gasteiger partial charge in [0.15, 0.2) is 0 Å². The van der Waals surface area contributed by atoms with Crippen LogP contribution in [0.2, 0.25) is 0 Å². The number of aryl methyl sites for hydroxylation is 1. The molecule has 1 N–H and O–H groups in total. The Morgan fingerprint density at radius 1 is 1.15 bits per heavy atom. The molecule has 0 unspecified atom stereocenters. The van der Waals surface area contributed by atoms with Gasteiger partial charge in [0.1, 0.15) is 5.82 Å². The molecule has 4 heteroatoms. The van der Waals surface area contributed by atoms with E-state index in [1.807, 2.05) is 37.4 Å². The quantitative estimate of drug-likeness (QED) is 0.626. The molecule has 3 rings (SSSR count). The van der Waals surface area contributed by atoms with Gasteiger partial charge in [-0.25, -0.2) is 4.39 Å². The maximum Gasteiger partial charge on any atom is 0.222 e. The van der Waals surface area contributed by atoms with E-state index in [-0.39, 0.29) is 11.7 Å². The summed E-state index contributed by atoms with van der Waals surface area (Å²) in [5, 5.41) is 0.855. The van der Waals surface area contributed by atoms with Gasteiger partial charge >= 0.3 is 0 Å². The molecule has 0 radical (unpaired) electrons. The minimum absolute atomic E-state index is 0.128. The van der Waals surface area contributed by atoms with Crippen molar-refractivity contribution in [3.05, 3.63) is 59.9 Å². The number of carbonyl (C=O) groups is 1. The summed E-state index contributed by atoms with van der Waals surface area (Å²) in [6, 6.07) is 14.8. The van der Waals surface area contributed by atoms with E-state index in [1.54, 1.807) is 17.0 Å². The number of aromatic amines is 1. The summed E-state index contributed by atoms with van der Waals surface area (Å²) in [6.07, 6.45) is 3.08. The van der Waals surface area contributed by atoms with Crippen molar-refractivity contribution in [3.63, 3.8) is 0 Å². The van der Waals surface area contributed by atoms with Crippen molar-refractivity contribution in [2.45, 2.75) is 32.6 Å². The lowest BCUT2D eigenvalue weighted by Crippen LogP contribution is -2.27. The highest BCUT2D eigenvalue weighted by Gasteiger charge is 2.16. The number of hydrogen-bond acceptors (Lipinski definition) is 1. The Morgan fingerprint density at radius 3 is 2.65 bits per heavy atom. The summed E-state index contributed by atoms with van der Waals surface area (Å²) in [6.45, 7) is 2.90. The van der Waals surface area contributed by atoms with Crippen LogP contribution >= 0.6 is 0 Å². The topological polar surface area (TPSA) is 36.1 Å². The molecule has 136 valence electrons. The predicted octanol–water partition coefficient (Wildman–Crippen LogP) is 5.17. The van der Waals surface area contributed by atoms with Crippen LogP contribution < -0.4 is 0 Å². The van der Waals surface area contributed by atoms with E-state index < -0.39 is 0 Å². The fourth-order valence-corrected chi connectivity index (χ4v) is 3.27. The van der Waals surface area contributed by atoms with Crippen LogP contribution in [0.4, 0.5) is 4.39 Å². The number of fused-ring (bicyclic) bond motifs is 1. The number of nitrogens with zero attached hydrogens (tertiary/aromatic N) is 1. The third-order valence-electron chi connectivity index (χ3n) is 4.79. The molecule has 2 aromatic carbocycles. The van der Waals surface area contributed by atoms with E-state index in [0.717, 1.165) is 47.1 Å². The van der Waals surface area contributed by atoms with Crippen molar-refractivity contribution in [1.29, 1.82) is 0 Å². The van der Waals surface area contributed by atoms with E-state index in [4.69, 9.17) is 0 Å². The summed E-state index contributed by atoms with van der Waals surface area (Å²) in [4.78, 5) is 17.6. The Kier molecular flexibility index (Phi) is 5.71. The van der Waals surface area contributed by atoms with Gasteiger partial charge in [-0.15, -0.1) is 0 Å². The molecular formula is C22H25FN2O. The number of amides is 1. The summed E-state index contributed by atoms with van der Waals surface area (Å²) in [5.41, 5.74) is 3.91. The highest BCUT2D eigenvalue weighted by atomic mass is 19.1. The predicted molar refractivity (Wildman–Crippen MR) is 105 cm³/mol. The molecule has 1 heterocycles. The highest BCUT2D eigenvalue weighted by Crippen LogP contribution is 2.31. The number of nitrogens with one attached hydrogen (secondary N) is 1. The Balaban J connectivity index is 1.90. The van der Waals surface area contributed by atoms with Crippen molar-refractivity contribution >= 4 is 16.8 Å². The van der Waals surface area contributed by atoms with Gasteiger partial charge in [-0.2, -0.15) is 0 Å². The van der Waals surface area contributed by atoms with Gasteiger partial charge in [0.25, 0.3) is 0 Å². The summed E-state index contributed by atoms with van der Waals surface area (Å²) < 4.78 is 13.8. The maximum atomic E-state index is 13.8. The Morgan fingerprint density at radius 2 is 1.92 bits per heavy atom. The fraction of sp³-hybridized carbons (Fsp3) is 0.318. The summed E-state index contributed by atoms with van der Waals surface area (Å²) >= 11 is 0. The number of H-pyrrole nitrogens is 1. The van der Waals surface area contributed by atoms with E-state index in [2.05, 4.69) is 11.9 Å². The summed E-state index contributed by atoms with van der Waals surface area (Å²) in [5.74, 6) is -0.132.